The number of amides is 1. The third-order valence-electron chi connectivity index (χ3n) is 4.06. The van der Waals surface area contributed by atoms with Crippen molar-refractivity contribution < 1.29 is 19.0 Å². The van der Waals surface area contributed by atoms with E-state index in [4.69, 9.17) is 25.8 Å². The van der Waals surface area contributed by atoms with Crippen molar-refractivity contribution in [3.8, 4) is 17.2 Å². The first-order valence-electron chi connectivity index (χ1n) is 8.29. The number of rotatable bonds is 5. The molecule has 0 aliphatic carbocycles. The maximum Gasteiger partial charge on any atom is 0.266 e. The Balaban J connectivity index is 1.97. The maximum atomic E-state index is 12.7. The second kappa shape index (κ2) is 8.58. The van der Waals surface area contributed by atoms with Crippen molar-refractivity contribution in [2.24, 2.45) is 4.99 Å². The summed E-state index contributed by atoms with van der Waals surface area (Å²) in [5.74, 6) is 1.38. The molecule has 0 atom stereocenters. The highest BCUT2D eigenvalue weighted by Gasteiger charge is 2.30. The number of ether oxygens (including phenoxy) is 3. The molecule has 1 saturated heterocycles. The highest BCUT2D eigenvalue weighted by atomic mass is 35.5. The minimum atomic E-state index is -0.149. The van der Waals surface area contributed by atoms with E-state index in [1.54, 1.807) is 58.7 Å². The van der Waals surface area contributed by atoms with Crippen molar-refractivity contribution in [2.45, 2.75) is 0 Å². The number of carbonyl (C=O) groups excluding carboxylic acids is 1. The lowest BCUT2D eigenvalue weighted by molar-refractivity contribution is -0.121. The van der Waals surface area contributed by atoms with E-state index < -0.39 is 0 Å². The van der Waals surface area contributed by atoms with Crippen LogP contribution in [0.2, 0.25) is 5.02 Å². The van der Waals surface area contributed by atoms with Crippen LogP contribution >= 0.6 is 23.4 Å². The lowest BCUT2D eigenvalue weighted by atomic mass is 10.1. The normalized spacial score (nSPS) is 16.8. The van der Waals surface area contributed by atoms with Gasteiger partial charge in [0.25, 0.3) is 5.91 Å². The molecule has 6 nitrogen and oxygen atoms in total. The number of likely N-dealkylation sites (N-methyl/N-ethyl adjacent to an activating group) is 1. The summed E-state index contributed by atoms with van der Waals surface area (Å²) in [6.07, 6.45) is 1.77. The third kappa shape index (κ3) is 3.95. The first kappa shape index (κ1) is 20.1. The molecule has 0 unspecified atom stereocenters. The van der Waals surface area contributed by atoms with Crippen LogP contribution in [0, 0.1) is 0 Å². The second-order valence-electron chi connectivity index (χ2n) is 5.78. The molecule has 1 aliphatic heterocycles. The Labute approximate surface area is 172 Å². The quantitative estimate of drug-likeness (QED) is 0.664. The number of nitrogens with zero attached hydrogens (tertiary/aromatic N) is 2. The number of methoxy groups -OCH3 is 3. The number of halogens is 1. The number of hydrogen-bond acceptors (Lipinski definition) is 6. The summed E-state index contributed by atoms with van der Waals surface area (Å²) in [6.45, 7) is 0. The molecule has 1 aliphatic rings. The molecule has 0 saturated carbocycles. The van der Waals surface area contributed by atoms with Crippen molar-refractivity contribution >= 4 is 46.2 Å². The van der Waals surface area contributed by atoms with Gasteiger partial charge in [0.1, 0.15) is 0 Å². The van der Waals surface area contributed by atoms with E-state index in [0.717, 1.165) is 5.56 Å². The lowest BCUT2D eigenvalue weighted by Crippen LogP contribution is -2.23. The molecule has 1 amide bonds. The van der Waals surface area contributed by atoms with Gasteiger partial charge in [0.05, 0.1) is 36.9 Å². The summed E-state index contributed by atoms with van der Waals surface area (Å²) in [7, 11) is 6.32. The van der Waals surface area contributed by atoms with Gasteiger partial charge in [-0.2, -0.15) is 0 Å². The topological polar surface area (TPSA) is 60.4 Å². The van der Waals surface area contributed by atoms with Crippen LogP contribution in [0.25, 0.3) is 6.08 Å². The average Bonchev–Trinajstić information content (AvgIpc) is 2.96. The van der Waals surface area contributed by atoms with E-state index in [1.165, 1.54) is 16.7 Å². The van der Waals surface area contributed by atoms with Crippen molar-refractivity contribution in [2.75, 3.05) is 28.4 Å². The lowest BCUT2D eigenvalue weighted by Gasteiger charge is -2.13. The fourth-order valence-corrected chi connectivity index (χ4v) is 3.79. The first-order chi connectivity index (χ1) is 13.5. The van der Waals surface area contributed by atoms with E-state index in [9.17, 15) is 4.79 Å². The van der Waals surface area contributed by atoms with Gasteiger partial charge in [0.15, 0.2) is 16.7 Å². The molecule has 3 rings (SSSR count). The molecule has 28 heavy (non-hydrogen) atoms. The Kier molecular flexibility index (Phi) is 6.16. The van der Waals surface area contributed by atoms with Crippen LogP contribution in [-0.4, -0.2) is 44.4 Å². The van der Waals surface area contributed by atoms with Gasteiger partial charge < -0.3 is 14.2 Å². The summed E-state index contributed by atoms with van der Waals surface area (Å²) in [4.78, 5) is 19.2. The number of thioether (sulfide) groups is 1. The predicted molar refractivity (Wildman–Crippen MR) is 113 cm³/mol. The Morgan fingerprint density at radius 3 is 2.29 bits per heavy atom. The minimum Gasteiger partial charge on any atom is -0.493 e. The maximum absolute atomic E-state index is 12.7. The average molecular weight is 419 g/mol. The Hall–Kier alpha value is -2.64. The van der Waals surface area contributed by atoms with Gasteiger partial charge in [0.2, 0.25) is 5.75 Å². The van der Waals surface area contributed by atoms with Gasteiger partial charge in [-0.1, -0.05) is 23.7 Å². The Morgan fingerprint density at radius 2 is 1.71 bits per heavy atom. The van der Waals surface area contributed by atoms with Crippen molar-refractivity contribution in [1.82, 2.24) is 4.90 Å². The summed E-state index contributed by atoms with van der Waals surface area (Å²) in [5.41, 5.74) is 1.36. The Bertz CT molecular complexity index is 949. The molecule has 1 heterocycles. The molecular formula is C20H19ClN2O4S. The van der Waals surface area contributed by atoms with Crippen LogP contribution in [0.5, 0.6) is 17.2 Å². The van der Waals surface area contributed by atoms with Gasteiger partial charge >= 0.3 is 0 Å². The SMILES string of the molecule is COc1cc(/C=C2/SC(=Nc3ccccc3Cl)N(C)C2=O)cc(OC)c1OC. The van der Waals surface area contributed by atoms with Crippen LogP contribution < -0.4 is 14.2 Å². The molecule has 2 aromatic carbocycles. The van der Waals surface area contributed by atoms with Crippen LogP contribution in [0.1, 0.15) is 5.56 Å². The summed E-state index contributed by atoms with van der Waals surface area (Å²) in [5, 5.41) is 1.08. The molecule has 1 fully saturated rings. The van der Waals surface area contributed by atoms with Crippen molar-refractivity contribution in [3.63, 3.8) is 0 Å². The molecule has 0 aromatic heterocycles. The van der Waals surface area contributed by atoms with E-state index in [1.807, 2.05) is 12.1 Å². The highest BCUT2D eigenvalue weighted by molar-refractivity contribution is 8.18. The van der Waals surface area contributed by atoms with Crippen molar-refractivity contribution in [1.29, 1.82) is 0 Å². The molecular weight excluding hydrogens is 400 g/mol. The largest absolute Gasteiger partial charge is 0.493 e. The van der Waals surface area contributed by atoms with Gasteiger partial charge in [0, 0.05) is 7.05 Å². The number of carbonyl (C=O) groups is 1. The Morgan fingerprint density at radius 1 is 1.07 bits per heavy atom. The predicted octanol–water partition coefficient (Wildman–Crippen LogP) is 4.60. The molecule has 8 heteroatoms. The number of amidine groups is 1. The molecule has 0 spiro atoms. The number of aliphatic imine (C=N–C) groups is 1. The summed E-state index contributed by atoms with van der Waals surface area (Å²) >= 11 is 7.45. The van der Waals surface area contributed by atoms with Gasteiger partial charge in [-0.05, 0) is 47.7 Å². The summed E-state index contributed by atoms with van der Waals surface area (Å²) < 4.78 is 16.1. The number of benzene rings is 2. The zero-order chi connectivity index (χ0) is 20.3. The van der Waals surface area contributed by atoms with Crippen LogP contribution in [-0.2, 0) is 4.79 Å². The van der Waals surface area contributed by atoms with Crippen LogP contribution in [0.3, 0.4) is 0 Å². The van der Waals surface area contributed by atoms with E-state index in [2.05, 4.69) is 4.99 Å². The van der Waals surface area contributed by atoms with Gasteiger partial charge in [-0.15, -0.1) is 0 Å². The van der Waals surface area contributed by atoms with E-state index in [-0.39, 0.29) is 5.91 Å². The molecule has 0 bridgehead atoms. The van der Waals surface area contributed by atoms with Crippen LogP contribution in [0.15, 0.2) is 46.3 Å². The van der Waals surface area contributed by atoms with Crippen molar-refractivity contribution in [3.05, 3.63) is 51.9 Å². The zero-order valence-electron chi connectivity index (χ0n) is 15.9. The third-order valence-corrected chi connectivity index (χ3v) is 5.44. The molecule has 0 N–H and O–H groups in total. The fraction of sp³-hybridized carbons (Fsp3) is 0.200. The zero-order valence-corrected chi connectivity index (χ0v) is 17.4. The monoisotopic (exact) mass is 418 g/mol. The standard InChI is InChI=1S/C20H19ClN2O4S/c1-23-19(24)17(28-20(23)22-14-8-6-5-7-13(14)21)11-12-9-15(25-2)18(27-4)16(10-12)26-3/h5-11H,1-4H3/b17-11+,22-20?. The van der Waals surface area contributed by atoms with E-state index >= 15 is 0 Å². The molecule has 2 aromatic rings. The number of hydrogen-bond donors (Lipinski definition) is 0. The highest BCUT2D eigenvalue weighted by Crippen LogP contribution is 2.40. The number of para-hydroxylation sites is 1. The molecule has 0 radical (unpaired) electrons. The van der Waals surface area contributed by atoms with Gasteiger partial charge in [-0.25, -0.2) is 4.99 Å². The van der Waals surface area contributed by atoms with Crippen LogP contribution in [0.4, 0.5) is 5.69 Å². The second-order valence-corrected chi connectivity index (χ2v) is 7.20. The fourth-order valence-electron chi connectivity index (χ4n) is 2.63. The van der Waals surface area contributed by atoms with Gasteiger partial charge in [-0.3, -0.25) is 9.69 Å². The smallest absolute Gasteiger partial charge is 0.266 e. The first-order valence-corrected chi connectivity index (χ1v) is 9.48. The summed E-state index contributed by atoms with van der Waals surface area (Å²) in [6, 6.07) is 10.8. The minimum absolute atomic E-state index is 0.149. The molecule has 146 valence electrons. The van der Waals surface area contributed by atoms with E-state index in [0.29, 0.717) is 38.0 Å².